The highest BCUT2D eigenvalue weighted by Gasteiger charge is 2.30. The molecule has 29 heteroatoms. The second-order valence-electron chi connectivity index (χ2n) is 13.1. The van der Waals surface area contributed by atoms with Crippen molar-refractivity contribution in [3.63, 3.8) is 0 Å². The van der Waals surface area contributed by atoms with Gasteiger partial charge in [-0.25, -0.2) is 19.9 Å². The number of nitrogens with two attached hydrogens (primary N) is 2. The number of aliphatic carboxylic acids is 4. The summed E-state index contributed by atoms with van der Waals surface area (Å²) in [5, 5.41) is 45.2. The molecule has 352 valence electrons. The van der Waals surface area contributed by atoms with Gasteiger partial charge in [0, 0.05) is 43.4 Å². The highest BCUT2D eigenvalue weighted by atomic mass is 35.5. The van der Waals surface area contributed by atoms with Crippen molar-refractivity contribution in [2.24, 2.45) is 11.5 Å². The number of thioether (sulfide) groups is 4. The summed E-state index contributed by atoms with van der Waals surface area (Å²) in [5.74, 6) is -9.55. The van der Waals surface area contributed by atoms with E-state index in [0.29, 0.717) is 15.7 Å². The third kappa shape index (κ3) is 21.9. The Balaban J connectivity index is 2.48. The van der Waals surface area contributed by atoms with Crippen molar-refractivity contribution in [3.8, 4) is 0 Å². The van der Waals surface area contributed by atoms with Gasteiger partial charge >= 0.3 is 23.9 Å². The van der Waals surface area contributed by atoms with Crippen molar-refractivity contribution in [1.29, 1.82) is 0 Å². The van der Waals surface area contributed by atoms with Gasteiger partial charge in [-0.2, -0.15) is 0 Å². The van der Waals surface area contributed by atoms with Gasteiger partial charge in [0.1, 0.15) is 65.2 Å². The molecular formula is C35H46Cl2N10O13S4. The lowest BCUT2D eigenvalue weighted by atomic mass is 10.1. The van der Waals surface area contributed by atoms with E-state index in [1.807, 2.05) is 0 Å². The van der Waals surface area contributed by atoms with Crippen LogP contribution < -0.4 is 32.7 Å². The van der Waals surface area contributed by atoms with Gasteiger partial charge < -0.3 is 53.2 Å². The predicted molar refractivity (Wildman–Crippen MR) is 237 cm³/mol. The number of hydrogen-bond donors (Lipinski definition) is 10. The summed E-state index contributed by atoms with van der Waals surface area (Å²) in [6.45, 7) is -1.58. The molecule has 12 N–H and O–H groups in total. The molecule has 6 atom stereocenters. The fourth-order valence-electron chi connectivity index (χ4n) is 5.00. The summed E-state index contributed by atoms with van der Waals surface area (Å²) >= 11 is 16.1. The molecule has 2 aromatic heterocycles. The summed E-state index contributed by atoms with van der Waals surface area (Å²) < 4.78 is 0. The van der Waals surface area contributed by atoms with E-state index in [-0.39, 0.29) is 66.3 Å². The molecule has 0 aliphatic rings. The van der Waals surface area contributed by atoms with Crippen LogP contribution in [0.4, 0.5) is 0 Å². The number of amides is 4. The molecule has 0 aliphatic heterocycles. The summed E-state index contributed by atoms with van der Waals surface area (Å²) in [4.78, 5) is 128. The summed E-state index contributed by atoms with van der Waals surface area (Å²) in [6, 6.07) is -2.36. The molecule has 0 aliphatic carbocycles. The maximum absolute atomic E-state index is 14.2. The second-order valence-corrected chi connectivity index (χ2v) is 18.7. The Bertz CT molecular complexity index is 1830. The largest absolute Gasteiger partial charge is 0.480 e. The van der Waals surface area contributed by atoms with Crippen LogP contribution in [0.1, 0.15) is 60.5 Å². The van der Waals surface area contributed by atoms with E-state index in [4.69, 9.17) is 55.1 Å². The smallest absolute Gasteiger partial charge is 0.322 e. The van der Waals surface area contributed by atoms with Gasteiger partial charge in [0.05, 0.1) is 26.6 Å². The van der Waals surface area contributed by atoms with Crippen LogP contribution in [0.2, 0.25) is 0 Å². The minimum Gasteiger partial charge on any atom is -0.480 e. The molecule has 4 amide bonds. The quantitative estimate of drug-likeness (QED) is 0.0266. The maximum atomic E-state index is 14.2. The van der Waals surface area contributed by atoms with Crippen LogP contribution in [0, 0.1) is 0 Å². The van der Waals surface area contributed by atoms with Crippen molar-refractivity contribution in [1.82, 2.24) is 41.2 Å². The fourth-order valence-corrected chi connectivity index (χ4v) is 9.02. The number of ketones is 1. The first-order valence-corrected chi connectivity index (χ1v) is 23.8. The number of carboxylic acids is 4. The molecule has 0 bridgehead atoms. The Hall–Kier alpha value is -4.51. The predicted octanol–water partition coefficient (Wildman–Crippen LogP) is 0.197. The van der Waals surface area contributed by atoms with E-state index < -0.39 is 101 Å². The molecule has 2 aromatic rings. The zero-order chi connectivity index (χ0) is 47.8. The lowest BCUT2D eigenvalue weighted by molar-refractivity contribution is -0.140. The zero-order valence-corrected chi connectivity index (χ0v) is 38.3. The highest BCUT2D eigenvalue weighted by Crippen LogP contribution is 2.37. The summed E-state index contributed by atoms with van der Waals surface area (Å²) in [6.07, 6.45) is 0.757. The first-order valence-electron chi connectivity index (χ1n) is 18.6. The Kier molecular flexibility index (Phi) is 25.9. The number of aromatic nitrogens is 4. The molecule has 0 spiro atoms. The number of nitrogens with zero attached hydrogens (tertiary/aromatic N) is 4. The van der Waals surface area contributed by atoms with Crippen LogP contribution in [0.25, 0.3) is 0 Å². The van der Waals surface area contributed by atoms with Gasteiger partial charge in [-0.05, 0) is 25.0 Å². The number of Topliss-reactive ketones (excluding diaryl/α,β-unsaturated/α-hetero) is 1. The first kappa shape index (κ1) is 55.6. The van der Waals surface area contributed by atoms with E-state index >= 15 is 0 Å². The van der Waals surface area contributed by atoms with E-state index in [0.717, 1.165) is 47.0 Å². The van der Waals surface area contributed by atoms with Crippen LogP contribution in [0.15, 0.2) is 34.7 Å². The fraction of sp³-hybridized carbons (Fsp3) is 0.514. The van der Waals surface area contributed by atoms with E-state index in [1.54, 1.807) is 12.1 Å². The lowest BCUT2D eigenvalue weighted by Crippen LogP contribution is -2.49. The summed E-state index contributed by atoms with van der Waals surface area (Å²) in [5.41, 5.74) is 11.3. The standard InChI is InChI=1S/C35H46Cl2N10O13S4/c36-14-63-27-5-6-40-31(47-27)24(62-13-22(33(56)42-11-30(53)54)46-26(50)4-2-19(39)35(59)60)8-17(48)7-23(20-9-28(64-15-37)44-16-43-20)61-12-21(32(55)41-10-29(51)52)45-25(49)3-1-18(38)34(57)58/h5-6,9,16,18-19,21-24H,1-4,7-8,10-15,38-39H2,(H,41,55)(H,42,56)(H,45,49)(H,46,50)(H,51,52)(H,53,54)(H,57,58)(H,59,60)/t18-,19+,21-,22-,23?,24?/m0/s1. The average molecular weight is 1010 g/mol. The van der Waals surface area contributed by atoms with Gasteiger partial charge in [-0.1, -0.05) is 23.5 Å². The number of halogens is 2. The van der Waals surface area contributed by atoms with Crippen LogP contribution in [0.3, 0.4) is 0 Å². The third-order valence-corrected chi connectivity index (χ3v) is 12.8. The van der Waals surface area contributed by atoms with Crippen molar-refractivity contribution >= 4 is 124 Å². The highest BCUT2D eigenvalue weighted by molar-refractivity contribution is 8.00. The van der Waals surface area contributed by atoms with Crippen LogP contribution in [-0.4, -0.2) is 153 Å². The average Bonchev–Trinajstić information content (AvgIpc) is 3.24. The number of rotatable bonds is 32. The van der Waals surface area contributed by atoms with Crippen molar-refractivity contribution in [2.75, 3.05) is 35.0 Å². The number of nitrogens with one attached hydrogen (secondary N) is 4. The van der Waals surface area contributed by atoms with Gasteiger partial charge in [0.25, 0.3) is 0 Å². The number of carbonyl (C=O) groups excluding carboxylic acids is 5. The molecule has 0 radical (unpaired) electrons. The van der Waals surface area contributed by atoms with Crippen LogP contribution in [-0.2, 0) is 43.2 Å². The Morgan fingerprint density at radius 3 is 1.64 bits per heavy atom. The minimum absolute atomic E-state index is 0.113. The topological polar surface area (TPSA) is 386 Å². The lowest BCUT2D eigenvalue weighted by Gasteiger charge is -2.23. The molecule has 0 saturated carbocycles. The van der Waals surface area contributed by atoms with E-state index in [9.17, 15) is 43.2 Å². The number of carbonyl (C=O) groups is 9. The molecule has 23 nitrogen and oxygen atoms in total. The zero-order valence-electron chi connectivity index (χ0n) is 33.6. The number of alkyl halides is 2. The monoisotopic (exact) mass is 1010 g/mol. The maximum Gasteiger partial charge on any atom is 0.322 e. The normalized spacial score (nSPS) is 13.8. The van der Waals surface area contributed by atoms with E-state index in [1.165, 1.54) is 12.5 Å². The minimum atomic E-state index is -1.39. The van der Waals surface area contributed by atoms with Crippen LogP contribution in [0.5, 0.6) is 0 Å². The van der Waals surface area contributed by atoms with Crippen molar-refractivity contribution in [3.05, 3.63) is 36.2 Å². The van der Waals surface area contributed by atoms with Gasteiger partial charge in [-0.3, -0.25) is 43.2 Å². The molecule has 0 fully saturated rings. The Morgan fingerprint density at radius 1 is 0.672 bits per heavy atom. The SMILES string of the molecule is N[C@H](CCC(=O)N[C@@H](CSC(CC(=O)CC(SC[C@H](NC(=O)CC[C@H](N)C(=O)O)C(=O)NCC(=O)O)c1cc(SCCl)ncn1)c1nccc(SCCl)n1)C(=O)NCC(=O)O)C(=O)O. The van der Waals surface area contributed by atoms with Gasteiger partial charge in [-0.15, -0.1) is 46.7 Å². The molecular weight excluding hydrogens is 968 g/mol. The van der Waals surface area contributed by atoms with Crippen molar-refractivity contribution < 1.29 is 63.6 Å². The van der Waals surface area contributed by atoms with E-state index in [2.05, 4.69) is 41.2 Å². The second kappa shape index (κ2) is 29.8. The molecule has 64 heavy (non-hydrogen) atoms. The molecule has 0 saturated heterocycles. The first-order chi connectivity index (χ1) is 30.3. The number of hydrogen-bond acceptors (Lipinski definition) is 19. The van der Waals surface area contributed by atoms with Crippen molar-refractivity contribution in [2.45, 2.75) is 83.2 Å². The molecule has 2 rings (SSSR count). The third-order valence-electron chi connectivity index (χ3n) is 8.22. The van der Waals surface area contributed by atoms with Gasteiger partial charge in [0.2, 0.25) is 23.6 Å². The molecule has 2 heterocycles. The Labute approximate surface area is 392 Å². The van der Waals surface area contributed by atoms with Crippen LogP contribution >= 0.6 is 70.2 Å². The van der Waals surface area contributed by atoms with Gasteiger partial charge in [0.15, 0.2) is 0 Å². The number of carboxylic acid groups (broad SMARTS) is 4. The molecule has 2 unspecified atom stereocenters. The molecule has 0 aromatic carbocycles. The summed E-state index contributed by atoms with van der Waals surface area (Å²) in [7, 11) is 0. The Morgan fingerprint density at radius 2 is 1.16 bits per heavy atom.